The maximum absolute atomic E-state index is 11.1. The summed E-state index contributed by atoms with van der Waals surface area (Å²) in [4.78, 5) is 11.1. The first-order valence-electron chi connectivity index (χ1n) is 6.86. The van der Waals surface area contributed by atoms with E-state index in [2.05, 4.69) is 10.3 Å². The number of carbonyl (C=O) groups is 1. The molecule has 0 amide bonds. The maximum Gasteiger partial charge on any atom is 0.358 e. The Labute approximate surface area is 123 Å². The van der Waals surface area contributed by atoms with Crippen molar-refractivity contribution < 1.29 is 24.5 Å². The maximum atomic E-state index is 11.1. The Morgan fingerprint density at radius 2 is 2.10 bits per heavy atom. The van der Waals surface area contributed by atoms with Gasteiger partial charge in [-0.05, 0) is 12.3 Å². The minimum absolute atomic E-state index is 0.0591. The fraction of sp³-hybridized carbons (Fsp3) is 0.769. The molecule has 1 unspecified atom stereocenters. The minimum Gasteiger partial charge on any atom is -0.476 e. The lowest BCUT2D eigenvalue weighted by atomic mass is 10.1. The van der Waals surface area contributed by atoms with Crippen LogP contribution in [0.15, 0.2) is 0 Å². The van der Waals surface area contributed by atoms with Crippen LogP contribution in [0, 0.1) is 5.92 Å². The molecule has 0 radical (unpaired) electrons. The second-order valence-corrected chi connectivity index (χ2v) is 5.19. The molecule has 0 fully saturated rings. The zero-order valence-corrected chi connectivity index (χ0v) is 12.7. The van der Waals surface area contributed by atoms with Gasteiger partial charge < -0.3 is 19.7 Å². The van der Waals surface area contributed by atoms with Crippen molar-refractivity contribution >= 4 is 5.97 Å². The molecular formula is C13H23N3O5. The van der Waals surface area contributed by atoms with E-state index in [0.29, 0.717) is 25.3 Å². The zero-order valence-electron chi connectivity index (χ0n) is 12.7. The average Bonchev–Trinajstić information content (AvgIpc) is 2.77. The van der Waals surface area contributed by atoms with Gasteiger partial charge in [0.2, 0.25) is 0 Å². The van der Waals surface area contributed by atoms with Crippen molar-refractivity contribution in [2.24, 2.45) is 5.92 Å². The summed E-state index contributed by atoms with van der Waals surface area (Å²) in [6, 6.07) is 0. The average molecular weight is 301 g/mol. The Bertz CT molecular complexity index is 447. The summed E-state index contributed by atoms with van der Waals surface area (Å²) in [5, 5.41) is 26.5. The van der Waals surface area contributed by atoms with Gasteiger partial charge in [-0.1, -0.05) is 19.1 Å². The van der Waals surface area contributed by atoms with Gasteiger partial charge in [-0.2, -0.15) is 0 Å². The lowest BCUT2D eigenvalue weighted by molar-refractivity contribution is 0.00543. The molecule has 0 aliphatic carbocycles. The highest BCUT2D eigenvalue weighted by Gasteiger charge is 2.21. The molecule has 1 aromatic heterocycles. The van der Waals surface area contributed by atoms with Crippen LogP contribution in [0.25, 0.3) is 0 Å². The summed E-state index contributed by atoms with van der Waals surface area (Å²) in [7, 11) is 1.57. The normalized spacial score (nSPS) is 12.8. The number of ether oxygens (including phenoxy) is 2. The number of carboxylic acid groups (broad SMARTS) is 1. The molecule has 1 heterocycles. The van der Waals surface area contributed by atoms with E-state index in [-0.39, 0.29) is 24.8 Å². The predicted octanol–water partition coefficient (Wildman–Crippen LogP) is 0.199. The largest absolute Gasteiger partial charge is 0.476 e. The van der Waals surface area contributed by atoms with Gasteiger partial charge in [0.05, 0.1) is 38.2 Å². The highest BCUT2D eigenvalue weighted by Crippen LogP contribution is 2.12. The van der Waals surface area contributed by atoms with Crippen LogP contribution in [0.5, 0.6) is 0 Å². The van der Waals surface area contributed by atoms with Crippen molar-refractivity contribution in [3.63, 3.8) is 0 Å². The molecule has 1 aromatic rings. The highest BCUT2D eigenvalue weighted by atomic mass is 16.5. The Balaban J connectivity index is 2.66. The third-order valence-corrected chi connectivity index (χ3v) is 2.77. The SMILES string of the molecule is COCCOCC(O)Cn1nnc(C(=O)O)c1CC(C)C. The molecule has 120 valence electrons. The number of aromatic carboxylic acids is 1. The van der Waals surface area contributed by atoms with E-state index < -0.39 is 12.1 Å². The first kappa shape index (κ1) is 17.5. The highest BCUT2D eigenvalue weighted by molar-refractivity contribution is 5.86. The molecule has 1 rings (SSSR count). The van der Waals surface area contributed by atoms with E-state index in [9.17, 15) is 9.90 Å². The van der Waals surface area contributed by atoms with E-state index in [0.717, 1.165) is 0 Å². The first-order chi connectivity index (χ1) is 9.95. The number of carboxylic acids is 1. The van der Waals surface area contributed by atoms with Gasteiger partial charge in [0.25, 0.3) is 0 Å². The van der Waals surface area contributed by atoms with Crippen LogP contribution in [0.1, 0.15) is 30.0 Å². The van der Waals surface area contributed by atoms with Crippen LogP contribution in [-0.2, 0) is 22.4 Å². The van der Waals surface area contributed by atoms with E-state index in [1.54, 1.807) is 7.11 Å². The van der Waals surface area contributed by atoms with Crippen LogP contribution < -0.4 is 0 Å². The lowest BCUT2D eigenvalue weighted by Crippen LogP contribution is -2.25. The molecule has 8 heteroatoms. The first-order valence-corrected chi connectivity index (χ1v) is 6.86. The Morgan fingerprint density at radius 3 is 2.67 bits per heavy atom. The molecule has 0 aliphatic heterocycles. The summed E-state index contributed by atoms with van der Waals surface area (Å²) in [6.07, 6.45) is -0.248. The number of nitrogens with zero attached hydrogens (tertiary/aromatic N) is 3. The van der Waals surface area contributed by atoms with Crippen molar-refractivity contribution in [2.45, 2.75) is 32.9 Å². The lowest BCUT2D eigenvalue weighted by Gasteiger charge is -2.14. The van der Waals surface area contributed by atoms with Crippen LogP contribution in [0.3, 0.4) is 0 Å². The molecule has 2 N–H and O–H groups in total. The second kappa shape index (κ2) is 8.71. The Morgan fingerprint density at radius 1 is 1.38 bits per heavy atom. The molecule has 0 aromatic carbocycles. The summed E-state index contributed by atoms with van der Waals surface area (Å²) >= 11 is 0. The van der Waals surface area contributed by atoms with Crippen LogP contribution >= 0.6 is 0 Å². The smallest absolute Gasteiger partial charge is 0.358 e. The number of rotatable bonds is 10. The monoisotopic (exact) mass is 301 g/mol. The Kier molecular flexibility index (Phi) is 7.27. The van der Waals surface area contributed by atoms with Crippen LogP contribution in [-0.4, -0.2) is 64.2 Å². The number of aliphatic hydroxyl groups is 1. The van der Waals surface area contributed by atoms with Gasteiger partial charge in [0.15, 0.2) is 5.69 Å². The van der Waals surface area contributed by atoms with Crippen molar-refractivity contribution in [1.82, 2.24) is 15.0 Å². The van der Waals surface area contributed by atoms with Gasteiger partial charge in [0.1, 0.15) is 0 Å². The number of methoxy groups -OCH3 is 1. The number of aliphatic hydroxyl groups excluding tert-OH is 1. The second-order valence-electron chi connectivity index (χ2n) is 5.19. The van der Waals surface area contributed by atoms with Gasteiger partial charge in [0, 0.05) is 7.11 Å². The number of hydrogen-bond donors (Lipinski definition) is 2. The fourth-order valence-electron chi connectivity index (χ4n) is 1.85. The molecule has 0 aliphatic rings. The number of aromatic nitrogens is 3. The van der Waals surface area contributed by atoms with Gasteiger partial charge >= 0.3 is 5.97 Å². The van der Waals surface area contributed by atoms with Crippen molar-refractivity contribution in [3.05, 3.63) is 11.4 Å². The molecule has 8 nitrogen and oxygen atoms in total. The number of hydrogen-bond acceptors (Lipinski definition) is 6. The van der Waals surface area contributed by atoms with Gasteiger partial charge in [-0.15, -0.1) is 5.10 Å². The quantitative estimate of drug-likeness (QED) is 0.594. The molecule has 0 saturated heterocycles. The van der Waals surface area contributed by atoms with Crippen molar-refractivity contribution in [3.8, 4) is 0 Å². The van der Waals surface area contributed by atoms with E-state index in [1.165, 1.54) is 4.68 Å². The van der Waals surface area contributed by atoms with Gasteiger partial charge in [-0.3, -0.25) is 0 Å². The zero-order chi connectivity index (χ0) is 15.8. The minimum atomic E-state index is -1.11. The summed E-state index contributed by atoms with van der Waals surface area (Å²) in [6.45, 7) is 5.09. The molecule has 21 heavy (non-hydrogen) atoms. The summed E-state index contributed by atoms with van der Waals surface area (Å²) in [5.74, 6) is -0.849. The van der Waals surface area contributed by atoms with E-state index in [1.807, 2.05) is 13.8 Å². The van der Waals surface area contributed by atoms with Crippen molar-refractivity contribution in [2.75, 3.05) is 26.9 Å². The Hall–Kier alpha value is -1.51. The molecule has 0 spiro atoms. The van der Waals surface area contributed by atoms with Crippen molar-refractivity contribution in [1.29, 1.82) is 0 Å². The van der Waals surface area contributed by atoms with Crippen LogP contribution in [0.2, 0.25) is 0 Å². The van der Waals surface area contributed by atoms with E-state index in [4.69, 9.17) is 14.6 Å². The standard InChI is InChI=1S/C13H23N3O5/c1-9(2)6-11-12(13(18)19)14-15-16(11)7-10(17)8-21-5-4-20-3/h9-10,17H,4-8H2,1-3H3,(H,18,19). The molecule has 0 bridgehead atoms. The van der Waals surface area contributed by atoms with Crippen LogP contribution in [0.4, 0.5) is 0 Å². The topological polar surface area (TPSA) is 107 Å². The van der Waals surface area contributed by atoms with Gasteiger partial charge in [-0.25, -0.2) is 9.48 Å². The third-order valence-electron chi connectivity index (χ3n) is 2.77. The molecular weight excluding hydrogens is 278 g/mol. The molecule has 0 saturated carbocycles. The third kappa shape index (κ3) is 5.78. The van der Waals surface area contributed by atoms with E-state index >= 15 is 0 Å². The summed E-state index contributed by atoms with van der Waals surface area (Å²) in [5.41, 5.74) is 0.463. The predicted molar refractivity (Wildman–Crippen MR) is 74.2 cm³/mol. The molecule has 1 atom stereocenters. The summed E-state index contributed by atoms with van der Waals surface area (Å²) < 4.78 is 11.5. The fourth-order valence-corrected chi connectivity index (χ4v) is 1.85.